The summed E-state index contributed by atoms with van der Waals surface area (Å²) < 4.78 is 29.4. The van der Waals surface area contributed by atoms with Crippen molar-refractivity contribution in [2.75, 3.05) is 23.7 Å². The van der Waals surface area contributed by atoms with Gasteiger partial charge in [-0.05, 0) is 69.2 Å². The molecule has 0 amide bonds. The lowest BCUT2D eigenvalue weighted by Crippen LogP contribution is -2.21. The van der Waals surface area contributed by atoms with E-state index in [1.54, 1.807) is 6.07 Å². The van der Waals surface area contributed by atoms with Gasteiger partial charge in [0.25, 0.3) is 0 Å². The number of azo groups is 1. The van der Waals surface area contributed by atoms with Crippen molar-refractivity contribution in [1.29, 1.82) is 0 Å². The van der Waals surface area contributed by atoms with Crippen molar-refractivity contribution in [2.45, 2.75) is 32.6 Å². The second-order valence-corrected chi connectivity index (χ2v) is 7.52. The van der Waals surface area contributed by atoms with Gasteiger partial charge >= 0.3 is 0 Å². The van der Waals surface area contributed by atoms with Crippen molar-refractivity contribution >= 4 is 33.6 Å². The molecule has 0 aromatic heterocycles. The van der Waals surface area contributed by atoms with Crippen LogP contribution in [0.2, 0.25) is 0 Å². The summed E-state index contributed by atoms with van der Waals surface area (Å²) in [5, 5.41) is 8.34. The van der Waals surface area contributed by atoms with Crippen molar-refractivity contribution in [2.24, 2.45) is 10.2 Å². The first-order valence-electron chi connectivity index (χ1n) is 8.35. The van der Waals surface area contributed by atoms with E-state index >= 15 is 0 Å². The van der Waals surface area contributed by atoms with Gasteiger partial charge in [-0.15, -0.1) is 5.11 Å². The zero-order chi connectivity index (χ0) is 19.5. The monoisotopic (exact) mass is 378 g/mol. The molecular formula is C18H26N4O3S. The van der Waals surface area contributed by atoms with E-state index in [0.29, 0.717) is 11.4 Å². The summed E-state index contributed by atoms with van der Waals surface area (Å²) in [5.41, 5.74) is 9.90. The summed E-state index contributed by atoms with van der Waals surface area (Å²) in [6.07, 6.45) is 0. The van der Waals surface area contributed by atoms with Gasteiger partial charge in [-0.3, -0.25) is 0 Å². The predicted octanol–water partition coefficient (Wildman–Crippen LogP) is 5.73. The summed E-state index contributed by atoms with van der Waals surface area (Å²) >= 11 is 0. The minimum atomic E-state index is -3.94. The van der Waals surface area contributed by atoms with E-state index in [0.717, 1.165) is 29.9 Å². The molecule has 0 radical (unpaired) electrons. The molecule has 7 nitrogen and oxygen atoms in total. The number of nitrogen functional groups attached to an aromatic ring is 1. The van der Waals surface area contributed by atoms with Gasteiger partial charge in [0.05, 0.1) is 10.6 Å². The van der Waals surface area contributed by atoms with Gasteiger partial charge in [0, 0.05) is 24.5 Å². The van der Waals surface area contributed by atoms with Crippen LogP contribution in [0.15, 0.2) is 45.5 Å². The fourth-order valence-electron chi connectivity index (χ4n) is 2.63. The molecule has 0 bridgehead atoms. The summed E-state index contributed by atoms with van der Waals surface area (Å²) in [6, 6.07) is 8.61. The highest BCUT2D eigenvalue weighted by Gasteiger charge is 2.22. The van der Waals surface area contributed by atoms with Crippen LogP contribution in [-0.4, -0.2) is 26.7 Å². The number of hydrogen-bond acceptors (Lipinski definition) is 7. The van der Waals surface area contributed by atoms with E-state index in [4.69, 9.17) is 5.73 Å². The summed E-state index contributed by atoms with van der Waals surface area (Å²) in [7, 11) is -3.94. The van der Waals surface area contributed by atoms with Crippen molar-refractivity contribution in [3.63, 3.8) is 0 Å². The lowest BCUT2D eigenvalue weighted by molar-refractivity contribution is 0.376. The highest BCUT2D eigenvalue weighted by molar-refractivity contribution is 8.19. The van der Waals surface area contributed by atoms with Crippen LogP contribution < -0.4 is 10.6 Å². The number of rotatable bonds is 6. The summed E-state index contributed by atoms with van der Waals surface area (Å²) in [5.74, 6) is 0. The molecule has 0 saturated carbocycles. The lowest BCUT2D eigenvalue weighted by Gasteiger charge is -2.25. The smallest absolute Gasteiger partial charge is 0.115 e. The standard InChI is InChI=1S/C18H26N4O3S/c1-5-22(6-2)14-7-8-16(18(11-14)26(23,24)25)20-21-17-10-12(3)15(19)9-13(17)4/h7-11,23-25H,5-6,19H2,1-4H3. The number of hydrogen-bond donors (Lipinski definition) is 4. The van der Waals surface area contributed by atoms with Crippen molar-refractivity contribution in [3.8, 4) is 0 Å². The van der Waals surface area contributed by atoms with Crippen LogP contribution in [-0.2, 0) is 0 Å². The molecule has 8 heteroatoms. The SMILES string of the molecule is CCN(CC)c1ccc(N=Nc2cc(C)c(N)cc2C)c(S(O)(O)O)c1. The maximum atomic E-state index is 9.81. The number of nitrogens with zero attached hydrogens (tertiary/aromatic N) is 3. The Bertz CT molecular complexity index is 815. The van der Waals surface area contributed by atoms with Gasteiger partial charge in [0.2, 0.25) is 0 Å². The third-order valence-electron chi connectivity index (χ3n) is 4.22. The number of nitrogens with two attached hydrogens (primary N) is 1. The molecular weight excluding hydrogens is 352 g/mol. The van der Waals surface area contributed by atoms with Gasteiger partial charge in [0.15, 0.2) is 0 Å². The molecule has 2 aromatic carbocycles. The van der Waals surface area contributed by atoms with E-state index in [-0.39, 0.29) is 10.6 Å². The third kappa shape index (κ3) is 4.53. The van der Waals surface area contributed by atoms with E-state index in [1.165, 1.54) is 6.07 Å². The average Bonchev–Trinajstić information content (AvgIpc) is 2.57. The molecule has 0 aliphatic rings. The molecule has 0 fully saturated rings. The van der Waals surface area contributed by atoms with Gasteiger partial charge in [0.1, 0.15) is 16.6 Å². The van der Waals surface area contributed by atoms with Crippen LogP contribution in [0.4, 0.5) is 22.7 Å². The zero-order valence-electron chi connectivity index (χ0n) is 15.5. The number of anilines is 2. The molecule has 2 aromatic rings. The Labute approximate surface area is 155 Å². The molecule has 5 N–H and O–H groups in total. The molecule has 0 heterocycles. The minimum absolute atomic E-state index is 0.0459. The van der Waals surface area contributed by atoms with Crippen LogP contribution in [0.1, 0.15) is 25.0 Å². The first kappa shape index (κ1) is 20.2. The van der Waals surface area contributed by atoms with Crippen molar-refractivity contribution < 1.29 is 13.7 Å². The van der Waals surface area contributed by atoms with Crippen LogP contribution >= 0.6 is 10.9 Å². The van der Waals surface area contributed by atoms with Crippen LogP contribution in [0.5, 0.6) is 0 Å². The van der Waals surface area contributed by atoms with Gasteiger partial charge in [-0.1, -0.05) is 0 Å². The normalized spacial score (nSPS) is 12.6. The Morgan fingerprint density at radius 2 is 1.54 bits per heavy atom. The minimum Gasteiger partial charge on any atom is -0.399 e. The van der Waals surface area contributed by atoms with E-state index in [9.17, 15) is 13.7 Å². The number of benzene rings is 2. The molecule has 26 heavy (non-hydrogen) atoms. The fourth-order valence-corrected chi connectivity index (χ4v) is 3.30. The highest BCUT2D eigenvalue weighted by Crippen LogP contribution is 2.50. The lowest BCUT2D eigenvalue weighted by atomic mass is 10.1. The van der Waals surface area contributed by atoms with E-state index in [1.807, 2.05) is 50.8 Å². The average molecular weight is 378 g/mol. The Balaban J connectivity index is 2.47. The first-order valence-corrected chi connectivity index (χ1v) is 9.85. The molecule has 0 saturated heterocycles. The van der Waals surface area contributed by atoms with Crippen LogP contribution in [0, 0.1) is 13.8 Å². The molecule has 0 aliphatic carbocycles. The van der Waals surface area contributed by atoms with Crippen molar-refractivity contribution in [1.82, 2.24) is 0 Å². The summed E-state index contributed by atoms with van der Waals surface area (Å²) in [4.78, 5) is 1.98. The van der Waals surface area contributed by atoms with Crippen LogP contribution in [0.3, 0.4) is 0 Å². The molecule has 0 unspecified atom stereocenters. The molecule has 142 valence electrons. The van der Waals surface area contributed by atoms with Gasteiger partial charge < -0.3 is 24.3 Å². The second-order valence-electron chi connectivity index (χ2n) is 6.04. The molecule has 0 spiro atoms. The van der Waals surface area contributed by atoms with Crippen molar-refractivity contribution in [3.05, 3.63) is 41.5 Å². The third-order valence-corrected chi connectivity index (χ3v) is 5.13. The highest BCUT2D eigenvalue weighted by atomic mass is 32.3. The maximum Gasteiger partial charge on any atom is 0.115 e. The van der Waals surface area contributed by atoms with Gasteiger partial charge in [-0.25, -0.2) is 0 Å². The Kier molecular flexibility index (Phi) is 6.25. The van der Waals surface area contributed by atoms with E-state index < -0.39 is 10.9 Å². The molecule has 0 atom stereocenters. The second kappa shape index (κ2) is 8.05. The Morgan fingerprint density at radius 3 is 2.12 bits per heavy atom. The van der Waals surface area contributed by atoms with E-state index in [2.05, 4.69) is 10.2 Å². The Morgan fingerprint density at radius 1 is 0.923 bits per heavy atom. The largest absolute Gasteiger partial charge is 0.399 e. The first-order chi connectivity index (χ1) is 12.2. The quantitative estimate of drug-likeness (QED) is 0.378. The topological polar surface area (TPSA) is 115 Å². The van der Waals surface area contributed by atoms with Gasteiger partial charge in [-0.2, -0.15) is 5.11 Å². The molecule has 0 aliphatic heterocycles. The fraction of sp³-hybridized carbons (Fsp3) is 0.333. The predicted molar refractivity (Wildman–Crippen MR) is 108 cm³/mol. The zero-order valence-corrected chi connectivity index (χ0v) is 16.3. The Hall–Kier alpha value is -2.13. The number of aryl methyl sites for hydroxylation is 2. The maximum absolute atomic E-state index is 9.81. The van der Waals surface area contributed by atoms with Crippen LogP contribution in [0.25, 0.3) is 0 Å². The molecule has 2 rings (SSSR count). The summed E-state index contributed by atoms with van der Waals surface area (Å²) in [6.45, 7) is 9.26.